The Bertz CT molecular complexity index is 635. The lowest BCUT2D eigenvalue weighted by atomic mass is 10.2. The molecule has 1 atom stereocenters. The zero-order valence-corrected chi connectivity index (χ0v) is 12.9. The smallest absolute Gasteiger partial charge is 0.273 e. The van der Waals surface area contributed by atoms with E-state index < -0.39 is 10.0 Å². The minimum atomic E-state index is -3.51. The van der Waals surface area contributed by atoms with Crippen molar-refractivity contribution in [2.45, 2.75) is 24.5 Å². The van der Waals surface area contributed by atoms with Gasteiger partial charge in [0.2, 0.25) is 5.09 Å². The van der Waals surface area contributed by atoms with Crippen LogP contribution in [0.5, 0.6) is 0 Å². The second kappa shape index (κ2) is 6.49. The van der Waals surface area contributed by atoms with Crippen molar-refractivity contribution >= 4 is 21.4 Å². The molecule has 0 aromatic carbocycles. The highest BCUT2D eigenvalue weighted by Crippen LogP contribution is 2.17. The molecular weight excluding hydrogens is 298 g/mol. The van der Waals surface area contributed by atoms with E-state index in [0.717, 1.165) is 11.6 Å². The molecule has 0 amide bonds. The number of hydrogen-bond donors (Lipinski definition) is 2. The lowest BCUT2D eigenvalue weighted by Gasteiger charge is -2.08. The molecule has 1 unspecified atom stereocenters. The van der Waals surface area contributed by atoms with Crippen LogP contribution in [-0.4, -0.2) is 27.0 Å². The molecule has 0 aliphatic heterocycles. The van der Waals surface area contributed by atoms with Crippen LogP contribution in [0.15, 0.2) is 33.2 Å². The fourth-order valence-electron chi connectivity index (χ4n) is 1.68. The van der Waals surface area contributed by atoms with Crippen molar-refractivity contribution in [3.63, 3.8) is 0 Å². The fourth-order valence-corrected chi connectivity index (χ4v) is 3.04. The lowest BCUT2D eigenvalue weighted by molar-refractivity contribution is 0.399. The van der Waals surface area contributed by atoms with Crippen LogP contribution in [0.4, 0.5) is 0 Å². The predicted molar refractivity (Wildman–Crippen MR) is 77.2 cm³/mol. The first kappa shape index (κ1) is 15.2. The summed E-state index contributed by atoms with van der Waals surface area (Å²) in [5.41, 5.74) is 0. The highest BCUT2D eigenvalue weighted by atomic mass is 32.2. The van der Waals surface area contributed by atoms with Crippen LogP contribution in [0, 0.1) is 0 Å². The number of aromatic nitrogens is 1. The second-order valence-corrected chi connectivity index (χ2v) is 7.07. The van der Waals surface area contributed by atoms with Gasteiger partial charge in [-0.15, -0.1) is 11.3 Å². The lowest BCUT2D eigenvalue weighted by Crippen LogP contribution is -2.19. The summed E-state index contributed by atoms with van der Waals surface area (Å²) in [5.74, 6) is 0.899. The molecule has 20 heavy (non-hydrogen) atoms. The Labute approximate surface area is 122 Å². The van der Waals surface area contributed by atoms with Crippen molar-refractivity contribution in [3.05, 3.63) is 34.5 Å². The molecule has 0 bridgehead atoms. The van der Waals surface area contributed by atoms with E-state index in [2.05, 4.69) is 21.9 Å². The number of sulfonamides is 1. The van der Waals surface area contributed by atoms with Gasteiger partial charge in [-0.05, 0) is 19.2 Å². The van der Waals surface area contributed by atoms with Crippen LogP contribution in [0.1, 0.15) is 23.6 Å². The third kappa shape index (κ3) is 3.66. The average Bonchev–Trinajstić information content (AvgIpc) is 3.10. The SMILES string of the molecule is CNS(=O)(=O)c1ccc(CNCC(C)c2nccs2)o1. The number of nitrogens with one attached hydrogen (secondary N) is 2. The number of hydrogen-bond acceptors (Lipinski definition) is 6. The van der Waals surface area contributed by atoms with Gasteiger partial charge in [-0.3, -0.25) is 0 Å². The molecule has 0 saturated heterocycles. The Morgan fingerprint density at radius 1 is 1.45 bits per heavy atom. The van der Waals surface area contributed by atoms with Gasteiger partial charge < -0.3 is 9.73 Å². The van der Waals surface area contributed by atoms with Gasteiger partial charge in [0.1, 0.15) is 5.76 Å². The summed E-state index contributed by atoms with van der Waals surface area (Å²) in [6, 6.07) is 3.11. The van der Waals surface area contributed by atoms with E-state index in [1.54, 1.807) is 23.6 Å². The molecule has 0 fully saturated rings. The molecule has 6 nitrogen and oxygen atoms in total. The summed E-state index contributed by atoms with van der Waals surface area (Å²) >= 11 is 1.63. The summed E-state index contributed by atoms with van der Waals surface area (Å²) in [4.78, 5) is 4.26. The maximum absolute atomic E-state index is 11.5. The summed E-state index contributed by atoms with van der Waals surface area (Å²) in [6.07, 6.45) is 1.79. The highest BCUT2D eigenvalue weighted by molar-refractivity contribution is 7.89. The van der Waals surface area contributed by atoms with Gasteiger partial charge >= 0.3 is 0 Å². The van der Waals surface area contributed by atoms with Gasteiger partial charge in [-0.25, -0.2) is 18.1 Å². The van der Waals surface area contributed by atoms with Crippen LogP contribution in [0.25, 0.3) is 0 Å². The maximum Gasteiger partial charge on any atom is 0.273 e. The standard InChI is InChI=1S/C12H17N3O3S2/c1-9(12-15-5-6-19-12)7-14-8-10-3-4-11(18-10)20(16,17)13-2/h3-6,9,13-14H,7-8H2,1-2H3. The van der Waals surface area contributed by atoms with Crippen molar-refractivity contribution in [2.75, 3.05) is 13.6 Å². The van der Waals surface area contributed by atoms with E-state index in [1.165, 1.54) is 13.1 Å². The molecule has 2 rings (SSSR count). The van der Waals surface area contributed by atoms with Crippen LogP contribution in [-0.2, 0) is 16.6 Å². The first-order chi connectivity index (χ1) is 9.53. The van der Waals surface area contributed by atoms with E-state index in [-0.39, 0.29) is 5.09 Å². The van der Waals surface area contributed by atoms with Crippen molar-refractivity contribution in [1.29, 1.82) is 0 Å². The molecule has 8 heteroatoms. The van der Waals surface area contributed by atoms with Crippen LogP contribution in [0.2, 0.25) is 0 Å². The molecule has 110 valence electrons. The number of furan rings is 1. The monoisotopic (exact) mass is 315 g/mol. The van der Waals surface area contributed by atoms with Gasteiger partial charge in [-0.2, -0.15) is 0 Å². The molecule has 0 radical (unpaired) electrons. The largest absolute Gasteiger partial charge is 0.447 e. The molecule has 0 saturated carbocycles. The van der Waals surface area contributed by atoms with E-state index >= 15 is 0 Å². The number of rotatable bonds is 7. The zero-order valence-electron chi connectivity index (χ0n) is 11.3. The Hall–Kier alpha value is -1.22. The Morgan fingerprint density at radius 2 is 2.25 bits per heavy atom. The van der Waals surface area contributed by atoms with E-state index in [4.69, 9.17) is 4.42 Å². The van der Waals surface area contributed by atoms with Gasteiger partial charge in [0.05, 0.1) is 11.6 Å². The zero-order chi connectivity index (χ0) is 14.6. The maximum atomic E-state index is 11.5. The quantitative estimate of drug-likeness (QED) is 0.809. The summed E-state index contributed by atoms with van der Waals surface area (Å²) in [6.45, 7) is 3.32. The molecule has 2 N–H and O–H groups in total. The van der Waals surface area contributed by atoms with Gasteiger partial charge in [0, 0.05) is 24.0 Å². The minimum Gasteiger partial charge on any atom is -0.447 e. The fraction of sp³-hybridized carbons (Fsp3) is 0.417. The predicted octanol–water partition coefficient (Wildman–Crippen LogP) is 1.54. The van der Waals surface area contributed by atoms with Crippen molar-refractivity contribution < 1.29 is 12.8 Å². The summed E-state index contributed by atoms with van der Waals surface area (Å²) in [7, 11) is -2.15. The molecule has 2 aromatic heterocycles. The van der Waals surface area contributed by atoms with Crippen molar-refractivity contribution in [1.82, 2.24) is 15.0 Å². The van der Waals surface area contributed by atoms with Gasteiger partial charge in [0.25, 0.3) is 10.0 Å². The highest BCUT2D eigenvalue weighted by Gasteiger charge is 2.16. The summed E-state index contributed by atoms with van der Waals surface area (Å²) < 4.78 is 30.5. The molecule has 0 aliphatic rings. The Balaban J connectivity index is 1.86. The molecule has 0 aliphatic carbocycles. The van der Waals surface area contributed by atoms with E-state index in [1.807, 2.05) is 5.38 Å². The van der Waals surface area contributed by atoms with Crippen LogP contribution < -0.4 is 10.0 Å². The Morgan fingerprint density at radius 3 is 2.90 bits per heavy atom. The number of thiazole rings is 1. The second-order valence-electron chi connectivity index (χ2n) is 4.33. The van der Waals surface area contributed by atoms with Crippen LogP contribution in [0.3, 0.4) is 0 Å². The normalized spacial score (nSPS) is 13.5. The third-order valence-electron chi connectivity index (χ3n) is 2.79. The molecule has 2 heterocycles. The molecule has 0 spiro atoms. The minimum absolute atomic E-state index is 0.0650. The Kier molecular flexibility index (Phi) is 4.92. The first-order valence-electron chi connectivity index (χ1n) is 6.15. The van der Waals surface area contributed by atoms with E-state index in [0.29, 0.717) is 18.2 Å². The number of nitrogens with zero attached hydrogens (tertiary/aromatic N) is 1. The van der Waals surface area contributed by atoms with Crippen molar-refractivity contribution in [3.8, 4) is 0 Å². The van der Waals surface area contributed by atoms with Crippen LogP contribution >= 0.6 is 11.3 Å². The van der Waals surface area contributed by atoms with Crippen molar-refractivity contribution in [2.24, 2.45) is 0 Å². The topological polar surface area (TPSA) is 84.2 Å². The van der Waals surface area contributed by atoms with Gasteiger partial charge in [0.15, 0.2) is 0 Å². The summed E-state index contributed by atoms with van der Waals surface area (Å²) in [5, 5.41) is 6.20. The van der Waals surface area contributed by atoms with E-state index in [9.17, 15) is 8.42 Å². The first-order valence-corrected chi connectivity index (χ1v) is 8.51. The average molecular weight is 315 g/mol. The molecule has 2 aromatic rings. The van der Waals surface area contributed by atoms with Gasteiger partial charge in [-0.1, -0.05) is 6.92 Å². The molecular formula is C12H17N3O3S2. The third-order valence-corrected chi connectivity index (χ3v) is 5.09.